The second-order valence-electron chi connectivity index (χ2n) is 6.97. The molecule has 0 aromatic heterocycles. The quantitative estimate of drug-likeness (QED) is 0.814. The van der Waals surface area contributed by atoms with E-state index in [4.69, 9.17) is 4.74 Å². The van der Waals surface area contributed by atoms with Gasteiger partial charge >= 0.3 is 6.18 Å². The minimum absolute atomic E-state index is 0.154. The number of likely N-dealkylation sites (tertiary alicyclic amines) is 1. The second kappa shape index (κ2) is 8.39. The highest BCUT2D eigenvalue weighted by molar-refractivity contribution is 5.94. The van der Waals surface area contributed by atoms with Gasteiger partial charge < -0.3 is 9.64 Å². The molecule has 1 atom stereocenters. The Balaban J connectivity index is 1.63. The second-order valence-corrected chi connectivity index (χ2v) is 6.97. The Morgan fingerprint density at radius 1 is 1.08 bits per heavy atom. The molecule has 2 fully saturated rings. The number of hydrogen-bond acceptors (Lipinski definition) is 3. The highest BCUT2D eigenvalue weighted by Crippen LogP contribution is 2.30. The van der Waals surface area contributed by atoms with Gasteiger partial charge in [0.05, 0.1) is 18.8 Å². The van der Waals surface area contributed by atoms with Gasteiger partial charge in [0.15, 0.2) is 0 Å². The van der Waals surface area contributed by atoms with Gasteiger partial charge in [-0.25, -0.2) is 0 Å². The van der Waals surface area contributed by atoms with E-state index in [1.54, 1.807) is 0 Å². The lowest BCUT2D eigenvalue weighted by atomic mass is 9.97. The van der Waals surface area contributed by atoms with Crippen LogP contribution in [0, 0.1) is 0 Å². The third-order valence-electron chi connectivity index (χ3n) is 5.23. The number of carbonyl (C=O) groups excluding carboxylic acids is 1. The van der Waals surface area contributed by atoms with Crippen molar-refractivity contribution in [3.8, 4) is 0 Å². The first-order chi connectivity index (χ1) is 12.4. The summed E-state index contributed by atoms with van der Waals surface area (Å²) in [5, 5.41) is 0. The van der Waals surface area contributed by atoms with Crippen molar-refractivity contribution in [2.24, 2.45) is 0 Å². The average molecular weight is 370 g/mol. The lowest BCUT2D eigenvalue weighted by molar-refractivity contribution is -0.137. The van der Waals surface area contributed by atoms with Gasteiger partial charge in [-0.05, 0) is 49.9 Å². The van der Waals surface area contributed by atoms with E-state index < -0.39 is 11.7 Å². The molecule has 0 spiro atoms. The highest BCUT2D eigenvalue weighted by Gasteiger charge is 2.31. The topological polar surface area (TPSA) is 32.8 Å². The van der Waals surface area contributed by atoms with Crippen LogP contribution in [0.15, 0.2) is 24.3 Å². The van der Waals surface area contributed by atoms with Crippen LogP contribution in [0.3, 0.4) is 0 Å². The Bertz CT molecular complexity index is 598. The summed E-state index contributed by atoms with van der Waals surface area (Å²) in [7, 11) is 0. The molecule has 0 bridgehead atoms. The van der Waals surface area contributed by atoms with E-state index >= 15 is 0 Å². The Morgan fingerprint density at radius 3 is 2.42 bits per heavy atom. The largest absolute Gasteiger partial charge is 0.416 e. The van der Waals surface area contributed by atoms with Crippen LogP contribution in [-0.4, -0.2) is 61.1 Å². The van der Waals surface area contributed by atoms with E-state index in [0.29, 0.717) is 12.1 Å². The molecule has 1 aromatic carbocycles. The smallest absolute Gasteiger partial charge is 0.379 e. The zero-order chi connectivity index (χ0) is 18.6. The van der Waals surface area contributed by atoms with Gasteiger partial charge in [-0.15, -0.1) is 0 Å². The summed E-state index contributed by atoms with van der Waals surface area (Å²) in [6.45, 7) is 4.93. The van der Waals surface area contributed by atoms with Crippen LogP contribution in [-0.2, 0) is 10.9 Å². The zero-order valence-corrected chi connectivity index (χ0v) is 14.8. The summed E-state index contributed by atoms with van der Waals surface area (Å²) >= 11 is 0. The number of alkyl halides is 3. The van der Waals surface area contributed by atoms with Crippen molar-refractivity contribution in [3.63, 3.8) is 0 Å². The first-order valence-corrected chi connectivity index (χ1v) is 9.23. The van der Waals surface area contributed by atoms with Gasteiger partial charge in [0.25, 0.3) is 5.91 Å². The normalized spacial score (nSPS) is 22.4. The Kier molecular flexibility index (Phi) is 6.19. The minimum Gasteiger partial charge on any atom is -0.379 e. The highest BCUT2D eigenvalue weighted by atomic mass is 19.4. The van der Waals surface area contributed by atoms with Crippen molar-refractivity contribution in [3.05, 3.63) is 35.4 Å². The zero-order valence-electron chi connectivity index (χ0n) is 14.8. The predicted molar refractivity (Wildman–Crippen MR) is 92.0 cm³/mol. The van der Waals surface area contributed by atoms with E-state index in [0.717, 1.165) is 70.7 Å². The monoisotopic (exact) mass is 370 g/mol. The molecule has 144 valence electrons. The third-order valence-corrected chi connectivity index (χ3v) is 5.23. The molecule has 4 nitrogen and oxygen atoms in total. The first kappa shape index (κ1) is 19.2. The molecule has 0 saturated carbocycles. The molecule has 26 heavy (non-hydrogen) atoms. The molecular formula is C19H25F3N2O2. The third kappa shape index (κ3) is 4.76. The Hall–Kier alpha value is -1.60. The molecule has 0 radical (unpaired) electrons. The predicted octanol–water partition coefficient (Wildman–Crippen LogP) is 3.42. The van der Waals surface area contributed by atoms with Gasteiger partial charge in [-0.2, -0.15) is 13.2 Å². The van der Waals surface area contributed by atoms with Crippen LogP contribution in [0.5, 0.6) is 0 Å². The number of halogens is 3. The van der Waals surface area contributed by atoms with Crippen molar-refractivity contribution in [1.82, 2.24) is 9.80 Å². The summed E-state index contributed by atoms with van der Waals surface area (Å²) in [5.41, 5.74) is -0.396. The molecule has 2 saturated heterocycles. The number of morpholine rings is 1. The van der Waals surface area contributed by atoms with Crippen LogP contribution in [0.1, 0.15) is 41.6 Å². The van der Waals surface area contributed by atoms with Gasteiger partial charge in [-0.3, -0.25) is 9.69 Å². The average Bonchev–Trinajstić information content (AvgIpc) is 2.66. The number of amides is 1. The number of nitrogens with zero attached hydrogens (tertiary/aromatic N) is 2. The Labute approximate surface area is 151 Å². The van der Waals surface area contributed by atoms with Crippen LogP contribution in [0.4, 0.5) is 13.2 Å². The molecule has 0 aliphatic carbocycles. The molecule has 7 heteroatoms. The summed E-state index contributed by atoms with van der Waals surface area (Å²) in [4.78, 5) is 17.0. The van der Waals surface area contributed by atoms with E-state index in [9.17, 15) is 18.0 Å². The van der Waals surface area contributed by atoms with E-state index in [-0.39, 0.29) is 11.9 Å². The minimum atomic E-state index is -4.38. The van der Waals surface area contributed by atoms with Gasteiger partial charge in [-0.1, -0.05) is 0 Å². The fourth-order valence-electron chi connectivity index (χ4n) is 3.69. The molecule has 2 aliphatic rings. The van der Waals surface area contributed by atoms with Crippen molar-refractivity contribution in [2.75, 3.05) is 39.4 Å². The standard InChI is InChI=1S/C19H25F3N2O2/c20-19(21,22)16-6-4-15(5-7-16)18(25)24-9-2-1-3-17(24)8-10-23-11-13-26-14-12-23/h4-7,17H,1-3,8-14H2/t17-/m0/s1. The lowest BCUT2D eigenvalue weighted by Gasteiger charge is -2.37. The summed E-state index contributed by atoms with van der Waals surface area (Å²) in [6.07, 6.45) is -0.499. The van der Waals surface area contributed by atoms with E-state index in [2.05, 4.69) is 4.90 Å². The van der Waals surface area contributed by atoms with E-state index in [1.807, 2.05) is 4.90 Å². The molecule has 1 amide bonds. The van der Waals surface area contributed by atoms with Gasteiger partial charge in [0, 0.05) is 37.8 Å². The lowest BCUT2D eigenvalue weighted by Crippen LogP contribution is -2.46. The summed E-state index contributed by atoms with van der Waals surface area (Å²) in [6, 6.07) is 4.71. The van der Waals surface area contributed by atoms with E-state index in [1.165, 1.54) is 12.1 Å². The fraction of sp³-hybridized carbons (Fsp3) is 0.632. The Morgan fingerprint density at radius 2 is 1.77 bits per heavy atom. The maximum atomic E-state index is 12.8. The summed E-state index contributed by atoms with van der Waals surface area (Å²) < 4.78 is 43.5. The van der Waals surface area contributed by atoms with Crippen LogP contribution in [0.2, 0.25) is 0 Å². The first-order valence-electron chi connectivity index (χ1n) is 9.23. The molecule has 0 unspecified atom stereocenters. The number of benzene rings is 1. The van der Waals surface area contributed by atoms with Crippen LogP contribution in [0.25, 0.3) is 0 Å². The van der Waals surface area contributed by atoms with Crippen molar-refractivity contribution >= 4 is 5.91 Å². The van der Waals surface area contributed by atoms with Crippen molar-refractivity contribution in [1.29, 1.82) is 0 Å². The number of hydrogen-bond donors (Lipinski definition) is 0. The van der Waals surface area contributed by atoms with Crippen LogP contribution >= 0.6 is 0 Å². The van der Waals surface area contributed by atoms with Crippen LogP contribution < -0.4 is 0 Å². The number of ether oxygens (including phenoxy) is 1. The maximum absolute atomic E-state index is 12.8. The number of carbonyl (C=O) groups is 1. The molecule has 2 heterocycles. The molecule has 3 rings (SSSR count). The molecule has 2 aliphatic heterocycles. The van der Waals surface area contributed by atoms with Gasteiger partial charge in [0.1, 0.15) is 0 Å². The molecule has 0 N–H and O–H groups in total. The van der Waals surface area contributed by atoms with Crippen molar-refractivity contribution in [2.45, 2.75) is 37.9 Å². The fourth-order valence-corrected chi connectivity index (χ4v) is 3.69. The summed E-state index contributed by atoms with van der Waals surface area (Å²) in [5.74, 6) is -0.162. The number of piperidine rings is 1. The molecular weight excluding hydrogens is 345 g/mol. The van der Waals surface area contributed by atoms with Gasteiger partial charge in [0.2, 0.25) is 0 Å². The maximum Gasteiger partial charge on any atom is 0.416 e. The molecule has 1 aromatic rings. The number of rotatable bonds is 4. The SMILES string of the molecule is O=C(c1ccc(C(F)(F)F)cc1)N1CCCC[C@H]1CCN1CCOCC1. The van der Waals surface area contributed by atoms with Crippen molar-refractivity contribution < 1.29 is 22.7 Å².